The summed E-state index contributed by atoms with van der Waals surface area (Å²) in [6.07, 6.45) is 2.79. The van der Waals surface area contributed by atoms with Crippen LogP contribution in [0, 0.1) is 0 Å². The molecule has 3 rings (SSSR count). The molecule has 0 fully saturated rings. The molecular weight excluding hydrogens is 284 g/mol. The largest absolute Gasteiger partial charge is 0.290 e. The first-order valence-corrected chi connectivity index (χ1v) is 6.65. The van der Waals surface area contributed by atoms with Crippen LogP contribution in [0.1, 0.15) is 10.7 Å². The lowest BCUT2D eigenvalue weighted by atomic mass is 10.3. The minimum absolute atomic E-state index is 0.883. The lowest BCUT2D eigenvalue weighted by molar-refractivity contribution is 0.957. The van der Waals surface area contributed by atoms with Crippen molar-refractivity contribution < 1.29 is 0 Å². The van der Waals surface area contributed by atoms with Gasteiger partial charge in [0.25, 0.3) is 0 Å². The Bertz CT molecular complexity index is 613. The molecule has 0 aliphatic rings. The molecule has 0 spiro atoms. The Morgan fingerprint density at radius 3 is 3.00 bits per heavy atom. The molecule has 0 N–H and O–H groups in total. The Hall–Kier alpha value is -1.13. The van der Waals surface area contributed by atoms with Gasteiger partial charge < -0.3 is 0 Å². The molecule has 3 aromatic rings. The summed E-state index contributed by atoms with van der Waals surface area (Å²) in [4.78, 5) is 5.81. The second kappa shape index (κ2) is 4.03. The van der Waals surface area contributed by atoms with Gasteiger partial charge in [-0.3, -0.25) is 4.40 Å². The standard InChI is InChI=1S/C12H9BrN2S/c13-11-5-1-3-9-8-14-12(15(9)11)7-10-4-2-6-16-10/h1-6,8H,7H2. The molecule has 3 heterocycles. The molecular formula is C12H9BrN2S. The number of hydrogen-bond acceptors (Lipinski definition) is 2. The Balaban J connectivity index is 2.10. The number of aromatic nitrogens is 2. The topological polar surface area (TPSA) is 17.3 Å². The van der Waals surface area contributed by atoms with Gasteiger partial charge in [0.2, 0.25) is 0 Å². The molecule has 0 atom stereocenters. The van der Waals surface area contributed by atoms with E-state index in [1.165, 1.54) is 4.88 Å². The fraction of sp³-hybridized carbons (Fsp3) is 0.0833. The van der Waals surface area contributed by atoms with Crippen LogP contribution in [0.5, 0.6) is 0 Å². The third kappa shape index (κ3) is 1.68. The zero-order valence-electron chi connectivity index (χ0n) is 8.43. The number of rotatable bonds is 2. The molecule has 0 bridgehead atoms. The van der Waals surface area contributed by atoms with E-state index in [0.717, 1.165) is 22.4 Å². The van der Waals surface area contributed by atoms with E-state index in [1.807, 2.05) is 18.3 Å². The van der Waals surface area contributed by atoms with Crippen LogP contribution in [0.4, 0.5) is 0 Å². The summed E-state index contributed by atoms with van der Waals surface area (Å²) >= 11 is 5.32. The van der Waals surface area contributed by atoms with Crippen molar-refractivity contribution in [2.45, 2.75) is 6.42 Å². The van der Waals surface area contributed by atoms with Gasteiger partial charge in [-0.15, -0.1) is 11.3 Å². The van der Waals surface area contributed by atoms with E-state index in [4.69, 9.17) is 0 Å². The third-order valence-corrected chi connectivity index (χ3v) is 3.98. The Kier molecular flexibility index (Phi) is 2.53. The van der Waals surface area contributed by atoms with Crippen molar-refractivity contribution in [3.63, 3.8) is 0 Å². The monoisotopic (exact) mass is 292 g/mol. The number of pyridine rings is 1. The molecule has 80 valence electrons. The van der Waals surface area contributed by atoms with Crippen LogP contribution in [0.2, 0.25) is 0 Å². The highest BCUT2D eigenvalue weighted by molar-refractivity contribution is 9.10. The van der Waals surface area contributed by atoms with Crippen LogP contribution < -0.4 is 0 Å². The zero-order chi connectivity index (χ0) is 11.0. The maximum Gasteiger partial charge on any atom is 0.119 e. The minimum atomic E-state index is 0.883. The summed E-state index contributed by atoms with van der Waals surface area (Å²) < 4.78 is 3.19. The van der Waals surface area contributed by atoms with Gasteiger partial charge in [0.05, 0.1) is 16.3 Å². The minimum Gasteiger partial charge on any atom is -0.290 e. The number of nitrogens with zero attached hydrogens (tertiary/aromatic N) is 2. The van der Waals surface area contributed by atoms with Crippen molar-refractivity contribution in [1.29, 1.82) is 0 Å². The van der Waals surface area contributed by atoms with E-state index < -0.39 is 0 Å². The van der Waals surface area contributed by atoms with Gasteiger partial charge in [-0.2, -0.15) is 0 Å². The number of imidazole rings is 1. The quantitative estimate of drug-likeness (QED) is 0.658. The molecule has 0 saturated heterocycles. The molecule has 0 unspecified atom stereocenters. The van der Waals surface area contributed by atoms with Crippen molar-refractivity contribution in [2.24, 2.45) is 0 Å². The second-order valence-corrected chi connectivity index (χ2v) is 5.38. The number of thiophene rings is 1. The van der Waals surface area contributed by atoms with Crippen LogP contribution >= 0.6 is 27.3 Å². The summed E-state index contributed by atoms with van der Waals surface area (Å²) in [6.45, 7) is 0. The van der Waals surface area contributed by atoms with Crippen molar-refractivity contribution in [2.75, 3.05) is 0 Å². The first kappa shape index (κ1) is 10.1. The molecule has 0 amide bonds. The van der Waals surface area contributed by atoms with Gasteiger partial charge in [-0.1, -0.05) is 12.1 Å². The molecule has 16 heavy (non-hydrogen) atoms. The van der Waals surface area contributed by atoms with Crippen molar-refractivity contribution in [1.82, 2.24) is 9.38 Å². The number of halogens is 1. The maximum atomic E-state index is 4.47. The highest BCUT2D eigenvalue weighted by Gasteiger charge is 2.07. The zero-order valence-corrected chi connectivity index (χ0v) is 10.8. The Morgan fingerprint density at radius 2 is 2.19 bits per heavy atom. The van der Waals surface area contributed by atoms with Crippen LogP contribution in [-0.2, 0) is 6.42 Å². The summed E-state index contributed by atoms with van der Waals surface area (Å²) in [5.41, 5.74) is 1.13. The van der Waals surface area contributed by atoms with Gasteiger partial charge in [-0.25, -0.2) is 4.98 Å². The highest BCUT2D eigenvalue weighted by atomic mass is 79.9. The summed E-state index contributed by atoms with van der Waals surface area (Å²) in [5, 5.41) is 2.10. The van der Waals surface area contributed by atoms with E-state index in [2.05, 4.69) is 48.9 Å². The highest BCUT2D eigenvalue weighted by Crippen LogP contribution is 2.19. The SMILES string of the molecule is Brc1cccc2cnc(Cc3cccs3)n12. The fourth-order valence-electron chi connectivity index (χ4n) is 1.76. The predicted octanol–water partition coefficient (Wildman–Crippen LogP) is 3.75. The first-order chi connectivity index (χ1) is 7.84. The average Bonchev–Trinajstić information content (AvgIpc) is 2.90. The molecule has 0 aliphatic heterocycles. The van der Waals surface area contributed by atoms with Crippen molar-refractivity contribution in [3.05, 3.63) is 57.2 Å². The molecule has 3 aromatic heterocycles. The molecule has 0 aromatic carbocycles. The summed E-state index contributed by atoms with van der Waals surface area (Å²) in [5.74, 6) is 1.07. The molecule has 0 radical (unpaired) electrons. The van der Waals surface area contributed by atoms with Gasteiger partial charge in [0.15, 0.2) is 0 Å². The smallest absolute Gasteiger partial charge is 0.119 e. The normalized spacial score (nSPS) is 11.1. The fourth-order valence-corrected chi connectivity index (χ4v) is 3.03. The van der Waals surface area contributed by atoms with Gasteiger partial charge in [0.1, 0.15) is 5.82 Å². The van der Waals surface area contributed by atoms with Crippen LogP contribution in [0.25, 0.3) is 5.52 Å². The van der Waals surface area contributed by atoms with Crippen molar-refractivity contribution in [3.8, 4) is 0 Å². The van der Waals surface area contributed by atoms with Crippen LogP contribution in [0.15, 0.2) is 46.5 Å². The van der Waals surface area contributed by atoms with E-state index in [1.54, 1.807) is 11.3 Å². The van der Waals surface area contributed by atoms with E-state index >= 15 is 0 Å². The Labute approximate surface area is 106 Å². The first-order valence-electron chi connectivity index (χ1n) is 4.98. The second-order valence-electron chi connectivity index (χ2n) is 3.54. The number of fused-ring (bicyclic) bond motifs is 1. The molecule has 4 heteroatoms. The molecule has 2 nitrogen and oxygen atoms in total. The van der Waals surface area contributed by atoms with Gasteiger partial charge in [0, 0.05) is 11.3 Å². The van der Waals surface area contributed by atoms with Crippen LogP contribution in [-0.4, -0.2) is 9.38 Å². The lowest BCUT2D eigenvalue weighted by Gasteiger charge is -2.02. The van der Waals surface area contributed by atoms with E-state index in [9.17, 15) is 0 Å². The lowest BCUT2D eigenvalue weighted by Crippen LogP contribution is -1.96. The summed E-state index contributed by atoms with van der Waals surface area (Å²) in [7, 11) is 0. The van der Waals surface area contributed by atoms with Crippen molar-refractivity contribution >= 4 is 32.8 Å². The average molecular weight is 293 g/mol. The van der Waals surface area contributed by atoms with E-state index in [0.29, 0.717) is 0 Å². The predicted molar refractivity (Wildman–Crippen MR) is 70.0 cm³/mol. The number of hydrogen-bond donors (Lipinski definition) is 0. The Morgan fingerprint density at radius 1 is 1.25 bits per heavy atom. The third-order valence-electron chi connectivity index (χ3n) is 2.49. The molecule has 0 aliphatic carbocycles. The van der Waals surface area contributed by atoms with Gasteiger partial charge >= 0.3 is 0 Å². The van der Waals surface area contributed by atoms with E-state index in [-0.39, 0.29) is 0 Å². The molecule has 0 saturated carbocycles. The summed E-state index contributed by atoms with van der Waals surface area (Å²) in [6, 6.07) is 10.3. The van der Waals surface area contributed by atoms with Gasteiger partial charge in [-0.05, 0) is 39.5 Å². The maximum absolute atomic E-state index is 4.47. The van der Waals surface area contributed by atoms with Crippen LogP contribution in [0.3, 0.4) is 0 Å².